The lowest BCUT2D eigenvalue weighted by Gasteiger charge is -2.30. The Morgan fingerprint density at radius 2 is 2.06 bits per heavy atom. The Morgan fingerprint density at radius 3 is 2.78 bits per heavy atom. The summed E-state index contributed by atoms with van der Waals surface area (Å²) in [5.41, 5.74) is 1.39. The zero-order chi connectivity index (χ0) is 12.5. The topological polar surface area (TPSA) is 40.0 Å². The number of fused-ring (bicyclic) bond motifs is 3. The molecular formula is C14H19NO3. The van der Waals surface area contributed by atoms with E-state index in [9.17, 15) is 0 Å². The van der Waals surface area contributed by atoms with E-state index in [1.165, 1.54) is 18.4 Å². The molecule has 0 bridgehead atoms. The van der Waals surface area contributed by atoms with Crippen LogP contribution in [0, 0.1) is 5.92 Å². The summed E-state index contributed by atoms with van der Waals surface area (Å²) in [6, 6.07) is 0.0688. The smallest absolute Gasteiger partial charge is 0.181 e. The van der Waals surface area contributed by atoms with Crippen molar-refractivity contribution in [3.8, 4) is 0 Å². The van der Waals surface area contributed by atoms with Crippen LogP contribution in [0.3, 0.4) is 0 Å². The monoisotopic (exact) mass is 249 g/mol. The van der Waals surface area contributed by atoms with E-state index in [1.807, 2.05) is 20.8 Å². The number of aliphatic imine (C=N–C) groups is 1. The highest BCUT2D eigenvalue weighted by Crippen LogP contribution is 2.48. The van der Waals surface area contributed by atoms with E-state index in [1.54, 1.807) is 0 Å². The Kier molecular flexibility index (Phi) is 2.06. The van der Waals surface area contributed by atoms with Gasteiger partial charge in [-0.1, -0.05) is 0 Å². The second kappa shape index (κ2) is 3.36. The molecule has 2 aliphatic heterocycles. The molecular weight excluding hydrogens is 230 g/mol. The van der Waals surface area contributed by atoms with Gasteiger partial charge in [0.2, 0.25) is 0 Å². The summed E-state index contributed by atoms with van der Waals surface area (Å²) in [6.07, 6.45) is 4.94. The Bertz CT molecular complexity index is 450. The summed E-state index contributed by atoms with van der Waals surface area (Å²) < 4.78 is 18.0. The predicted molar refractivity (Wildman–Crippen MR) is 66.4 cm³/mol. The Labute approximate surface area is 107 Å². The van der Waals surface area contributed by atoms with Crippen LogP contribution in [0.5, 0.6) is 0 Å². The zero-order valence-electron chi connectivity index (χ0n) is 11.1. The number of rotatable bonds is 1. The highest BCUT2D eigenvalue weighted by atomic mass is 16.8. The summed E-state index contributed by atoms with van der Waals surface area (Å²) in [5, 5.41) is 0. The van der Waals surface area contributed by atoms with E-state index >= 15 is 0 Å². The molecule has 0 aromatic heterocycles. The molecule has 0 amide bonds. The molecule has 0 radical (unpaired) electrons. The quantitative estimate of drug-likeness (QED) is 0.668. The van der Waals surface area contributed by atoms with Gasteiger partial charge in [0.15, 0.2) is 11.7 Å². The molecule has 0 spiro atoms. The van der Waals surface area contributed by atoms with Crippen molar-refractivity contribution in [2.24, 2.45) is 10.9 Å². The van der Waals surface area contributed by atoms with Crippen LogP contribution in [-0.2, 0) is 14.2 Å². The van der Waals surface area contributed by atoms with Gasteiger partial charge in [-0.05, 0) is 44.3 Å². The van der Waals surface area contributed by atoms with E-state index in [0.717, 1.165) is 5.90 Å². The molecule has 0 N–H and O–H groups in total. The van der Waals surface area contributed by atoms with Crippen molar-refractivity contribution in [1.29, 1.82) is 0 Å². The highest BCUT2D eigenvalue weighted by molar-refractivity contribution is 5.76. The molecule has 2 aliphatic carbocycles. The zero-order valence-corrected chi connectivity index (χ0v) is 11.1. The normalized spacial score (nSPS) is 44.8. The number of hydrogen-bond donors (Lipinski definition) is 0. The van der Waals surface area contributed by atoms with Crippen LogP contribution in [0.15, 0.2) is 16.6 Å². The number of hydrogen-bond acceptors (Lipinski definition) is 4. The second-order valence-electron chi connectivity index (χ2n) is 6.18. The fourth-order valence-electron chi connectivity index (χ4n) is 3.34. The standard InChI is InChI=1S/C14H19NO3/c1-7-15-11-10(16-7)6-9(8-4-5-8)12-13(11)18-14(2,3)17-12/h6,8,10-13H,4-5H2,1-3H3/t10-,11-,12-,13+/m1/s1. The van der Waals surface area contributed by atoms with Gasteiger partial charge in [0, 0.05) is 6.92 Å². The van der Waals surface area contributed by atoms with Crippen molar-refractivity contribution in [1.82, 2.24) is 0 Å². The van der Waals surface area contributed by atoms with Gasteiger partial charge in [0.25, 0.3) is 0 Å². The van der Waals surface area contributed by atoms with E-state index in [-0.39, 0.29) is 24.4 Å². The maximum absolute atomic E-state index is 6.09. The van der Waals surface area contributed by atoms with Crippen LogP contribution in [0.2, 0.25) is 0 Å². The molecule has 0 aromatic rings. The maximum atomic E-state index is 6.09. The minimum absolute atomic E-state index is 0.0167. The third kappa shape index (κ3) is 1.55. The van der Waals surface area contributed by atoms with Crippen molar-refractivity contribution >= 4 is 5.90 Å². The van der Waals surface area contributed by atoms with Crippen LogP contribution >= 0.6 is 0 Å². The van der Waals surface area contributed by atoms with Crippen molar-refractivity contribution < 1.29 is 14.2 Å². The molecule has 4 nitrogen and oxygen atoms in total. The van der Waals surface area contributed by atoms with Gasteiger partial charge in [-0.3, -0.25) is 0 Å². The average Bonchev–Trinajstić information content (AvgIpc) is 2.96. The molecule has 98 valence electrons. The minimum atomic E-state index is -0.510. The molecule has 18 heavy (non-hydrogen) atoms. The van der Waals surface area contributed by atoms with Gasteiger partial charge in [-0.25, -0.2) is 4.99 Å². The summed E-state index contributed by atoms with van der Waals surface area (Å²) in [6.45, 7) is 5.88. The van der Waals surface area contributed by atoms with Gasteiger partial charge < -0.3 is 14.2 Å². The minimum Gasteiger partial charge on any atom is -0.471 e. The van der Waals surface area contributed by atoms with Crippen LogP contribution in [0.1, 0.15) is 33.6 Å². The predicted octanol–water partition coefficient (Wildman–Crippen LogP) is 2.04. The van der Waals surface area contributed by atoms with Crippen molar-refractivity contribution in [2.75, 3.05) is 0 Å². The first-order valence-electron chi connectivity index (χ1n) is 6.82. The summed E-state index contributed by atoms with van der Waals surface area (Å²) >= 11 is 0. The SMILES string of the molecule is CC1=N[C@H]2[C@@H]3OC(C)(C)O[C@@H]3C(C3CC3)=C[C@H]2O1. The fourth-order valence-corrected chi connectivity index (χ4v) is 3.34. The van der Waals surface area contributed by atoms with Crippen molar-refractivity contribution in [2.45, 2.75) is 63.8 Å². The lowest BCUT2D eigenvalue weighted by Crippen LogP contribution is -2.45. The van der Waals surface area contributed by atoms with E-state index in [4.69, 9.17) is 14.2 Å². The fraction of sp³-hybridized carbons (Fsp3) is 0.786. The van der Waals surface area contributed by atoms with Gasteiger partial charge in [-0.2, -0.15) is 0 Å². The maximum Gasteiger partial charge on any atom is 0.181 e. The molecule has 1 saturated carbocycles. The van der Waals surface area contributed by atoms with Gasteiger partial charge in [0.05, 0.1) is 0 Å². The van der Waals surface area contributed by atoms with Crippen LogP contribution < -0.4 is 0 Å². The molecule has 4 aliphatic rings. The van der Waals surface area contributed by atoms with Gasteiger partial charge in [0.1, 0.15) is 24.4 Å². The summed E-state index contributed by atoms with van der Waals surface area (Å²) in [7, 11) is 0. The molecule has 4 heteroatoms. The van der Waals surface area contributed by atoms with E-state index < -0.39 is 5.79 Å². The lowest BCUT2D eigenvalue weighted by atomic mass is 9.86. The first-order chi connectivity index (χ1) is 8.53. The Hall–Kier alpha value is -0.870. The number of ether oxygens (including phenoxy) is 3. The molecule has 2 fully saturated rings. The molecule has 4 atom stereocenters. The van der Waals surface area contributed by atoms with E-state index in [2.05, 4.69) is 11.1 Å². The first-order valence-corrected chi connectivity index (χ1v) is 6.82. The van der Waals surface area contributed by atoms with Crippen molar-refractivity contribution in [3.63, 3.8) is 0 Å². The largest absolute Gasteiger partial charge is 0.471 e. The number of nitrogens with zero attached hydrogens (tertiary/aromatic N) is 1. The summed E-state index contributed by atoms with van der Waals surface area (Å²) in [5.74, 6) is 0.940. The third-order valence-corrected chi connectivity index (χ3v) is 4.17. The van der Waals surface area contributed by atoms with Crippen LogP contribution in [0.4, 0.5) is 0 Å². The Morgan fingerprint density at radius 1 is 1.28 bits per heavy atom. The lowest BCUT2D eigenvalue weighted by molar-refractivity contribution is -0.145. The highest BCUT2D eigenvalue weighted by Gasteiger charge is 2.55. The average molecular weight is 249 g/mol. The van der Waals surface area contributed by atoms with Crippen LogP contribution in [0.25, 0.3) is 0 Å². The Balaban J connectivity index is 1.73. The molecule has 0 aromatic carbocycles. The second-order valence-corrected chi connectivity index (χ2v) is 6.18. The summed E-state index contributed by atoms with van der Waals surface area (Å²) in [4.78, 5) is 4.58. The van der Waals surface area contributed by atoms with Crippen LogP contribution in [-0.4, -0.2) is 36.0 Å². The van der Waals surface area contributed by atoms with E-state index in [0.29, 0.717) is 5.92 Å². The third-order valence-electron chi connectivity index (χ3n) is 4.17. The first kappa shape index (κ1) is 11.0. The van der Waals surface area contributed by atoms with Gasteiger partial charge >= 0.3 is 0 Å². The molecule has 2 heterocycles. The molecule has 1 saturated heterocycles. The van der Waals surface area contributed by atoms with Gasteiger partial charge in [-0.15, -0.1) is 0 Å². The molecule has 4 rings (SSSR count). The van der Waals surface area contributed by atoms with Crippen molar-refractivity contribution in [3.05, 3.63) is 11.6 Å². The molecule has 0 unspecified atom stereocenters.